The van der Waals surface area contributed by atoms with Crippen molar-refractivity contribution < 1.29 is 60.7 Å². The van der Waals surface area contributed by atoms with Crippen molar-refractivity contribution in [3.05, 3.63) is 0 Å². The van der Waals surface area contributed by atoms with Crippen LogP contribution in [0.4, 0.5) is 0 Å². The lowest BCUT2D eigenvalue weighted by molar-refractivity contribution is -0.390. The maximum absolute atomic E-state index is 12.7. The van der Waals surface area contributed by atoms with Gasteiger partial charge in [0.05, 0.1) is 0 Å². The first kappa shape index (κ1) is 16.0. The van der Waals surface area contributed by atoms with Gasteiger partial charge in [0.15, 0.2) is 28.7 Å². The van der Waals surface area contributed by atoms with Gasteiger partial charge in [0.25, 0.3) is 5.79 Å². The predicted octanol–water partition coefficient (Wildman–Crippen LogP) is -2.81. The molecule has 4 N–H and O–H groups in total. The van der Waals surface area contributed by atoms with Gasteiger partial charge in [-0.2, -0.15) is 0 Å². The molecule has 1 aliphatic rings. The van der Waals surface area contributed by atoms with Crippen LogP contribution in [0.3, 0.4) is 0 Å². The Bertz CT molecular complexity index is 809. The normalized spacial score (nSPS) is 41.2. The molecule has 0 radical (unpaired) electrons. The van der Waals surface area contributed by atoms with Gasteiger partial charge in [0.2, 0.25) is 11.2 Å². The molecule has 1 unspecified atom stereocenters. The summed E-state index contributed by atoms with van der Waals surface area (Å²) in [7, 11) is 0. The number of esters is 1. The lowest BCUT2D eigenvalue weighted by atomic mass is 9.57. The number of hydrogen-bond acceptors (Lipinski definition) is 11. The zero-order valence-corrected chi connectivity index (χ0v) is 14.0. The van der Waals surface area contributed by atoms with Gasteiger partial charge in [-0.3, -0.25) is 24.0 Å². The number of Topliss-reactive ketones (excluding diaryl/α,β-unsaturated/α-hetero) is 4. The van der Waals surface area contributed by atoms with Crippen LogP contribution in [-0.2, 0) is 33.4 Å². The molecule has 1 saturated heterocycles. The van der Waals surface area contributed by atoms with Gasteiger partial charge in [0.1, 0.15) is 12.7 Å². The number of ketones is 4. The second kappa shape index (κ2) is 6.84. The summed E-state index contributed by atoms with van der Waals surface area (Å²) in [6.45, 7) is -8.32. The fraction of sp³-hybridized carbons (Fsp3) is 0.688. The minimum Gasteiger partial charge on any atom is -0.463 e. The van der Waals surface area contributed by atoms with Gasteiger partial charge >= 0.3 is 5.97 Å². The summed E-state index contributed by atoms with van der Waals surface area (Å²) in [4.78, 5) is 61.5. The molecule has 1 rings (SSSR count). The first-order valence-corrected chi connectivity index (χ1v) is 7.06. The Labute approximate surface area is 160 Å². The molecule has 11 heteroatoms. The van der Waals surface area contributed by atoms with Crippen LogP contribution < -0.4 is 0 Å². The highest BCUT2D eigenvalue weighted by atomic mass is 16.7. The van der Waals surface area contributed by atoms with Gasteiger partial charge in [-0.15, -0.1) is 0 Å². The maximum atomic E-state index is 12.7. The SMILES string of the molecule is [2H]CC(=O)OC[C@H]1OC(O)(C(=O)C[2H])[C@@](O)(C(=O)C[2H])[C@](O)(C(=O)C[2H])[C@@]1(O)C(=O)C[2H]. The number of rotatable bonds is 6. The molecule has 1 heterocycles. The zero-order valence-electron chi connectivity index (χ0n) is 19.0. The number of hydrogen-bond donors (Lipinski definition) is 4. The van der Waals surface area contributed by atoms with Crippen LogP contribution in [0.5, 0.6) is 0 Å². The molecule has 152 valence electrons. The fourth-order valence-corrected chi connectivity index (χ4v) is 2.91. The average Bonchev–Trinajstić information content (AvgIpc) is 2.80. The lowest BCUT2D eigenvalue weighted by Crippen LogP contribution is -2.90. The van der Waals surface area contributed by atoms with Gasteiger partial charge in [-0.25, -0.2) is 0 Å². The van der Waals surface area contributed by atoms with Gasteiger partial charge in [0, 0.05) is 20.7 Å². The summed E-state index contributed by atoms with van der Waals surface area (Å²) in [5, 5.41) is 44.3. The molecule has 27 heavy (non-hydrogen) atoms. The van der Waals surface area contributed by atoms with E-state index in [9.17, 15) is 44.4 Å². The van der Waals surface area contributed by atoms with Crippen LogP contribution in [0.15, 0.2) is 0 Å². The van der Waals surface area contributed by atoms with Crippen molar-refractivity contribution >= 4 is 29.1 Å². The summed E-state index contributed by atoms with van der Waals surface area (Å²) >= 11 is 0. The summed E-state index contributed by atoms with van der Waals surface area (Å²) in [6, 6.07) is 0. The van der Waals surface area contributed by atoms with Crippen molar-refractivity contribution in [2.75, 3.05) is 6.61 Å². The molecule has 5 atom stereocenters. The van der Waals surface area contributed by atoms with E-state index in [4.69, 9.17) is 11.6 Å². The van der Waals surface area contributed by atoms with E-state index in [0.29, 0.717) is 0 Å². The minimum absolute atomic E-state index is 0.995. The molecular formula is C16H22O11. The number of aliphatic hydroxyl groups is 4. The zero-order chi connectivity index (χ0) is 25.1. The molecule has 11 nitrogen and oxygen atoms in total. The summed E-state index contributed by atoms with van der Waals surface area (Å²) < 4.78 is 45.2. The van der Waals surface area contributed by atoms with Crippen LogP contribution in [0, 0.1) is 0 Å². The van der Waals surface area contributed by atoms with Crippen LogP contribution in [0.2, 0.25) is 0 Å². The fourth-order valence-electron chi connectivity index (χ4n) is 2.91. The van der Waals surface area contributed by atoms with Crippen LogP contribution >= 0.6 is 0 Å². The van der Waals surface area contributed by atoms with Crippen molar-refractivity contribution in [2.45, 2.75) is 63.2 Å². The number of carbonyl (C=O) groups is 5. The smallest absolute Gasteiger partial charge is 0.302 e. The van der Waals surface area contributed by atoms with Crippen molar-refractivity contribution in [2.24, 2.45) is 0 Å². The maximum Gasteiger partial charge on any atom is 0.302 e. The van der Waals surface area contributed by atoms with Crippen molar-refractivity contribution in [1.82, 2.24) is 0 Å². The molecule has 0 spiro atoms. The van der Waals surface area contributed by atoms with Crippen molar-refractivity contribution in [1.29, 1.82) is 0 Å². The van der Waals surface area contributed by atoms with E-state index in [0.717, 1.165) is 0 Å². The molecule has 0 bridgehead atoms. The standard InChI is InChI=1S/C16H22O11/c1-7(17)13(22)12(6-26-11(5)21)27-16(25,10(4)20)15(24,9(3)19)14(13,23)8(2)18/h12,22-25H,6H2,1-5H3/t12-,13-,14+,15-,16?/m1/s1/i1D,2D,3D,4D,5D. The monoisotopic (exact) mass is 395 g/mol. The van der Waals surface area contributed by atoms with Gasteiger partial charge < -0.3 is 29.9 Å². The third-order valence-electron chi connectivity index (χ3n) is 4.35. The summed E-state index contributed by atoms with van der Waals surface area (Å²) in [6.07, 6.45) is -2.60. The topological polar surface area (TPSA) is 185 Å². The van der Waals surface area contributed by atoms with E-state index in [1.165, 1.54) is 0 Å². The first-order chi connectivity index (χ1) is 14.7. The van der Waals surface area contributed by atoms with Gasteiger partial charge in [-0.05, 0) is 20.7 Å². The number of carbonyl (C=O) groups excluding carboxylic acids is 5. The van der Waals surface area contributed by atoms with E-state index in [1.54, 1.807) is 0 Å². The Morgan fingerprint density at radius 2 is 1.37 bits per heavy atom. The largest absolute Gasteiger partial charge is 0.463 e. The Kier molecular flexibility index (Phi) is 4.04. The second-order valence-electron chi connectivity index (χ2n) is 5.81. The van der Waals surface area contributed by atoms with Crippen LogP contribution in [0.25, 0.3) is 0 Å². The van der Waals surface area contributed by atoms with E-state index in [2.05, 4.69) is 4.74 Å². The Hall–Kier alpha value is -2.05. The Balaban J connectivity index is 4.09. The molecule has 1 fully saturated rings. The molecule has 0 aromatic rings. The van der Waals surface area contributed by atoms with Crippen LogP contribution in [-0.4, -0.2) is 84.8 Å². The molecule has 0 aliphatic carbocycles. The Morgan fingerprint density at radius 3 is 1.85 bits per heavy atom. The van der Waals surface area contributed by atoms with Crippen molar-refractivity contribution in [3.63, 3.8) is 0 Å². The number of ether oxygens (including phenoxy) is 2. The highest BCUT2D eigenvalue weighted by Gasteiger charge is 2.83. The molecule has 0 saturated carbocycles. The van der Waals surface area contributed by atoms with Gasteiger partial charge in [-0.1, -0.05) is 0 Å². The highest BCUT2D eigenvalue weighted by molar-refractivity contribution is 6.08. The molecule has 0 aromatic heterocycles. The second-order valence-corrected chi connectivity index (χ2v) is 5.81. The van der Waals surface area contributed by atoms with E-state index >= 15 is 0 Å². The molecule has 0 aromatic carbocycles. The average molecular weight is 395 g/mol. The van der Waals surface area contributed by atoms with Crippen molar-refractivity contribution in [3.8, 4) is 0 Å². The summed E-state index contributed by atoms with van der Waals surface area (Å²) in [5.41, 5.74) is -12.4. The van der Waals surface area contributed by atoms with Crippen LogP contribution in [0.1, 0.15) is 41.4 Å². The van der Waals surface area contributed by atoms with E-state index < -0.39 is 98.9 Å². The predicted molar refractivity (Wildman–Crippen MR) is 84.0 cm³/mol. The highest BCUT2D eigenvalue weighted by Crippen LogP contribution is 2.50. The third kappa shape index (κ3) is 2.74. The third-order valence-corrected chi connectivity index (χ3v) is 4.35. The summed E-state index contributed by atoms with van der Waals surface area (Å²) in [5.74, 6) is -13.0. The van der Waals surface area contributed by atoms with E-state index in [1.807, 2.05) is 0 Å². The molecular weight excluding hydrogens is 368 g/mol. The molecule has 0 amide bonds. The quantitative estimate of drug-likeness (QED) is 0.340. The first-order valence-electron chi connectivity index (χ1n) is 10.6. The minimum atomic E-state index is -4.28. The lowest BCUT2D eigenvalue weighted by Gasteiger charge is -2.59. The Morgan fingerprint density at radius 1 is 0.852 bits per heavy atom. The van der Waals surface area contributed by atoms with E-state index in [-0.39, 0.29) is 0 Å². The molecule has 1 aliphatic heterocycles.